The summed E-state index contributed by atoms with van der Waals surface area (Å²) in [7, 11) is 1.68. The number of thiophene rings is 1. The maximum atomic E-state index is 5.67. The lowest BCUT2D eigenvalue weighted by molar-refractivity contribution is 0.415. The van der Waals surface area contributed by atoms with E-state index in [0.29, 0.717) is 6.54 Å². The molecule has 2 heterocycles. The number of methoxy groups -OCH3 is 1. The lowest BCUT2D eigenvalue weighted by Gasteiger charge is -1.99. The van der Waals surface area contributed by atoms with Crippen LogP contribution in [0.25, 0.3) is 20.7 Å². The smallest absolute Gasteiger partial charge is 0.120 e. The van der Waals surface area contributed by atoms with Gasteiger partial charge in [0.1, 0.15) is 5.75 Å². The normalized spacial score (nSPS) is 10.8. The van der Waals surface area contributed by atoms with Gasteiger partial charge in [-0.05, 0) is 47.3 Å². The molecule has 2 N–H and O–H groups in total. The number of aromatic nitrogens is 1. The first-order valence-electron chi connectivity index (χ1n) is 6.03. The van der Waals surface area contributed by atoms with Crippen LogP contribution in [0.2, 0.25) is 0 Å². The zero-order chi connectivity index (χ0) is 13.2. The summed E-state index contributed by atoms with van der Waals surface area (Å²) in [5.74, 6) is 0.879. The topological polar surface area (TPSA) is 48.1 Å². The van der Waals surface area contributed by atoms with Gasteiger partial charge >= 0.3 is 0 Å². The molecule has 0 unspecified atom stereocenters. The lowest BCUT2D eigenvalue weighted by Crippen LogP contribution is -1.96. The van der Waals surface area contributed by atoms with E-state index in [9.17, 15) is 0 Å². The van der Waals surface area contributed by atoms with Gasteiger partial charge < -0.3 is 10.5 Å². The molecule has 3 nitrogen and oxygen atoms in total. The molecule has 0 bridgehead atoms. The van der Waals surface area contributed by atoms with Crippen molar-refractivity contribution in [3.63, 3.8) is 0 Å². The average Bonchev–Trinajstić information content (AvgIpc) is 2.90. The van der Waals surface area contributed by atoms with Crippen LogP contribution < -0.4 is 10.5 Å². The molecule has 3 rings (SSSR count). The Morgan fingerprint density at radius 3 is 2.89 bits per heavy atom. The standard InChI is InChI=1S/C15H14N2OS/c1-18-12-3-2-11-7-15(19-14(11)8-12)13-6-10(9-16)4-5-17-13/h2-8H,9,16H2,1H3. The van der Waals surface area contributed by atoms with Crippen LogP contribution in [0.15, 0.2) is 42.6 Å². The maximum absolute atomic E-state index is 5.67. The summed E-state index contributed by atoms with van der Waals surface area (Å²) in [5.41, 5.74) is 7.74. The third-order valence-electron chi connectivity index (χ3n) is 3.04. The van der Waals surface area contributed by atoms with E-state index in [1.165, 1.54) is 10.1 Å². The van der Waals surface area contributed by atoms with Gasteiger partial charge in [0.15, 0.2) is 0 Å². The van der Waals surface area contributed by atoms with Gasteiger partial charge in [0.25, 0.3) is 0 Å². The molecular weight excluding hydrogens is 256 g/mol. The molecule has 0 saturated heterocycles. The Hall–Kier alpha value is -1.91. The third kappa shape index (κ3) is 2.32. The zero-order valence-corrected chi connectivity index (χ0v) is 11.4. The van der Waals surface area contributed by atoms with Gasteiger partial charge in [-0.25, -0.2) is 0 Å². The summed E-state index contributed by atoms with van der Waals surface area (Å²) in [6, 6.07) is 12.2. The molecule has 96 valence electrons. The average molecular weight is 270 g/mol. The number of rotatable bonds is 3. The number of benzene rings is 1. The van der Waals surface area contributed by atoms with Crippen molar-refractivity contribution < 1.29 is 4.74 Å². The molecule has 0 fully saturated rings. The Labute approximate surface area is 115 Å². The number of hydrogen-bond donors (Lipinski definition) is 1. The summed E-state index contributed by atoms with van der Waals surface area (Å²) >= 11 is 1.72. The van der Waals surface area contributed by atoms with Crippen LogP contribution in [-0.4, -0.2) is 12.1 Å². The van der Waals surface area contributed by atoms with Gasteiger partial charge in [0.05, 0.1) is 17.7 Å². The molecule has 0 saturated carbocycles. The Balaban J connectivity index is 2.09. The second-order valence-corrected chi connectivity index (χ2v) is 5.35. The molecule has 0 spiro atoms. The molecule has 4 heteroatoms. The largest absolute Gasteiger partial charge is 0.497 e. The number of fused-ring (bicyclic) bond motifs is 1. The molecule has 0 atom stereocenters. The summed E-state index contributed by atoms with van der Waals surface area (Å²) in [6.45, 7) is 0.536. The van der Waals surface area contributed by atoms with Crippen LogP contribution in [0.4, 0.5) is 0 Å². The molecule has 2 aromatic heterocycles. The van der Waals surface area contributed by atoms with Gasteiger partial charge in [-0.15, -0.1) is 11.3 Å². The SMILES string of the molecule is COc1ccc2cc(-c3cc(CN)ccn3)sc2c1. The monoisotopic (exact) mass is 270 g/mol. The minimum Gasteiger partial charge on any atom is -0.497 e. The van der Waals surface area contributed by atoms with Crippen molar-refractivity contribution in [3.05, 3.63) is 48.2 Å². The molecule has 3 aromatic rings. The van der Waals surface area contributed by atoms with Crippen LogP contribution in [0.3, 0.4) is 0 Å². The second-order valence-electron chi connectivity index (χ2n) is 4.27. The van der Waals surface area contributed by atoms with Crippen LogP contribution in [0.5, 0.6) is 5.75 Å². The van der Waals surface area contributed by atoms with E-state index in [0.717, 1.165) is 21.9 Å². The van der Waals surface area contributed by atoms with E-state index in [4.69, 9.17) is 10.5 Å². The molecule has 0 aliphatic carbocycles. The van der Waals surface area contributed by atoms with Gasteiger partial charge in [0, 0.05) is 17.4 Å². The highest BCUT2D eigenvalue weighted by atomic mass is 32.1. The minimum absolute atomic E-state index is 0.536. The fourth-order valence-corrected chi connectivity index (χ4v) is 3.06. The quantitative estimate of drug-likeness (QED) is 0.793. The van der Waals surface area contributed by atoms with Gasteiger partial charge in [-0.1, -0.05) is 0 Å². The highest BCUT2D eigenvalue weighted by Crippen LogP contribution is 2.34. The first-order valence-corrected chi connectivity index (χ1v) is 6.85. The highest BCUT2D eigenvalue weighted by molar-refractivity contribution is 7.22. The van der Waals surface area contributed by atoms with E-state index < -0.39 is 0 Å². The van der Waals surface area contributed by atoms with Crippen molar-refractivity contribution in [2.24, 2.45) is 5.73 Å². The first-order chi connectivity index (χ1) is 9.30. The number of nitrogens with zero attached hydrogens (tertiary/aromatic N) is 1. The minimum atomic E-state index is 0.536. The Kier molecular flexibility index (Phi) is 3.19. The van der Waals surface area contributed by atoms with Crippen molar-refractivity contribution in [1.29, 1.82) is 0 Å². The molecule has 0 amide bonds. The van der Waals surface area contributed by atoms with E-state index in [-0.39, 0.29) is 0 Å². The van der Waals surface area contributed by atoms with Crippen molar-refractivity contribution in [2.75, 3.05) is 7.11 Å². The van der Waals surface area contributed by atoms with E-state index >= 15 is 0 Å². The van der Waals surface area contributed by atoms with Crippen LogP contribution in [0, 0.1) is 0 Å². The van der Waals surface area contributed by atoms with E-state index in [1.807, 2.05) is 24.4 Å². The third-order valence-corrected chi connectivity index (χ3v) is 4.16. The summed E-state index contributed by atoms with van der Waals surface area (Å²) in [6.07, 6.45) is 1.81. The fourth-order valence-electron chi connectivity index (χ4n) is 2.00. The number of pyridine rings is 1. The Morgan fingerprint density at radius 1 is 1.21 bits per heavy atom. The molecular formula is C15H14N2OS. The molecule has 0 aliphatic heterocycles. The maximum Gasteiger partial charge on any atom is 0.120 e. The molecule has 19 heavy (non-hydrogen) atoms. The number of hydrogen-bond acceptors (Lipinski definition) is 4. The van der Waals surface area contributed by atoms with Crippen LogP contribution >= 0.6 is 11.3 Å². The summed E-state index contributed by atoms with van der Waals surface area (Å²) < 4.78 is 6.45. The van der Waals surface area contributed by atoms with Gasteiger partial charge in [-0.3, -0.25) is 4.98 Å². The Morgan fingerprint density at radius 2 is 2.11 bits per heavy atom. The molecule has 0 radical (unpaired) electrons. The number of ether oxygens (including phenoxy) is 1. The lowest BCUT2D eigenvalue weighted by atomic mass is 10.2. The Bertz CT molecular complexity index is 721. The van der Waals surface area contributed by atoms with Crippen molar-refractivity contribution >= 4 is 21.4 Å². The van der Waals surface area contributed by atoms with Crippen molar-refractivity contribution in [3.8, 4) is 16.3 Å². The van der Waals surface area contributed by atoms with Crippen LogP contribution in [-0.2, 0) is 6.54 Å². The molecule has 0 aliphatic rings. The predicted molar refractivity (Wildman–Crippen MR) is 79.5 cm³/mol. The van der Waals surface area contributed by atoms with Gasteiger partial charge in [0.2, 0.25) is 0 Å². The summed E-state index contributed by atoms with van der Waals surface area (Å²) in [4.78, 5) is 5.57. The molecule has 1 aromatic carbocycles. The number of nitrogens with two attached hydrogens (primary N) is 1. The first kappa shape index (κ1) is 12.1. The fraction of sp³-hybridized carbons (Fsp3) is 0.133. The zero-order valence-electron chi connectivity index (χ0n) is 10.6. The van der Waals surface area contributed by atoms with Gasteiger partial charge in [-0.2, -0.15) is 0 Å². The van der Waals surface area contributed by atoms with Crippen molar-refractivity contribution in [2.45, 2.75) is 6.54 Å². The second kappa shape index (κ2) is 4.99. The van der Waals surface area contributed by atoms with E-state index in [2.05, 4.69) is 23.2 Å². The van der Waals surface area contributed by atoms with E-state index in [1.54, 1.807) is 18.4 Å². The highest BCUT2D eigenvalue weighted by Gasteiger charge is 2.07. The van der Waals surface area contributed by atoms with Crippen LogP contribution in [0.1, 0.15) is 5.56 Å². The predicted octanol–water partition coefficient (Wildman–Crippen LogP) is 3.43. The van der Waals surface area contributed by atoms with Crippen molar-refractivity contribution in [1.82, 2.24) is 4.98 Å². The summed E-state index contributed by atoms with van der Waals surface area (Å²) in [5, 5.41) is 1.21.